The van der Waals surface area contributed by atoms with Gasteiger partial charge in [-0.3, -0.25) is 0 Å². The van der Waals surface area contributed by atoms with Gasteiger partial charge in [-0.15, -0.1) is 0 Å². The molecule has 10 heavy (non-hydrogen) atoms. The zero-order valence-corrected chi connectivity index (χ0v) is 6.51. The van der Waals surface area contributed by atoms with Crippen LogP contribution in [0.3, 0.4) is 0 Å². The second-order valence-electron chi connectivity index (χ2n) is 2.70. The van der Waals surface area contributed by atoms with Crippen LogP contribution in [0.1, 0.15) is 26.2 Å². The van der Waals surface area contributed by atoms with Crippen molar-refractivity contribution < 1.29 is 10.2 Å². The predicted molar refractivity (Wildman–Crippen MR) is 40.6 cm³/mol. The zero-order chi connectivity index (χ0) is 8.04. The fourth-order valence-corrected chi connectivity index (χ4v) is 0.799. The fraction of sp³-hybridized carbons (Fsp3) is 1.00. The molecule has 0 saturated carbocycles. The van der Waals surface area contributed by atoms with Crippen molar-refractivity contribution in [3.05, 3.63) is 0 Å². The van der Waals surface area contributed by atoms with Crippen molar-refractivity contribution in [1.82, 2.24) is 0 Å². The van der Waals surface area contributed by atoms with E-state index in [1.54, 1.807) is 0 Å². The fourth-order valence-electron chi connectivity index (χ4n) is 0.799. The van der Waals surface area contributed by atoms with E-state index < -0.39 is 5.54 Å². The number of aliphatic hydroxyl groups is 2. The van der Waals surface area contributed by atoms with E-state index in [2.05, 4.69) is 0 Å². The summed E-state index contributed by atoms with van der Waals surface area (Å²) in [4.78, 5) is 0. The van der Waals surface area contributed by atoms with Gasteiger partial charge in [-0.2, -0.15) is 0 Å². The van der Waals surface area contributed by atoms with Crippen LogP contribution in [0, 0.1) is 0 Å². The summed E-state index contributed by atoms with van der Waals surface area (Å²) < 4.78 is 0. The Labute approximate surface area is 61.9 Å². The highest BCUT2D eigenvalue weighted by Gasteiger charge is 2.19. The van der Waals surface area contributed by atoms with E-state index >= 15 is 0 Å². The van der Waals surface area contributed by atoms with Crippen molar-refractivity contribution in [2.24, 2.45) is 5.73 Å². The number of nitrogens with two attached hydrogens (primary N) is 1. The molecule has 4 N–H and O–H groups in total. The second kappa shape index (κ2) is 4.66. The summed E-state index contributed by atoms with van der Waals surface area (Å²) >= 11 is 0. The van der Waals surface area contributed by atoms with Crippen molar-refractivity contribution in [2.45, 2.75) is 31.7 Å². The van der Waals surface area contributed by atoms with Crippen LogP contribution in [-0.2, 0) is 0 Å². The van der Waals surface area contributed by atoms with Crippen molar-refractivity contribution in [2.75, 3.05) is 13.2 Å². The number of hydrogen-bond acceptors (Lipinski definition) is 3. The van der Waals surface area contributed by atoms with Crippen LogP contribution in [0.5, 0.6) is 0 Å². The lowest BCUT2D eigenvalue weighted by Crippen LogP contribution is -2.43. The van der Waals surface area contributed by atoms with E-state index in [0.29, 0.717) is 12.8 Å². The highest BCUT2D eigenvalue weighted by Crippen LogP contribution is 2.12. The molecule has 62 valence electrons. The molecule has 0 aromatic rings. The van der Waals surface area contributed by atoms with E-state index in [1.807, 2.05) is 6.92 Å². The molecule has 0 bridgehead atoms. The molecule has 0 radical (unpaired) electrons. The molecule has 0 aliphatic rings. The average Bonchev–Trinajstić information content (AvgIpc) is 2.00. The minimum atomic E-state index is -0.470. The van der Waals surface area contributed by atoms with Crippen LogP contribution in [0.2, 0.25) is 0 Å². The molecule has 0 aromatic heterocycles. The van der Waals surface area contributed by atoms with Gasteiger partial charge in [0.2, 0.25) is 0 Å². The topological polar surface area (TPSA) is 66.5 Å². The van der Waals surface area contributed by atoms with Gasteiger partial charge < -0.3 is 15.9 Å². The summed E-state index contributed by atoms with van der Waals surface area (Å²) in [5.74, 6) is 0. The summed E-state index contributed by atoms with van der Waals surface area (Å²) in [5.41, 5.74) is 5.25. The van der Waals surface area contributed by atoms with Crippen LogP contribution in [0.4, 0.5) is 0 Å². The standard InChI is InChI=1S/C7H17NO2/c1-2-7(8,6-10)4-3-5-9/h9-10H,2-6,8H2,1H3. The number of hydrogen-bond donors (Lipinski definition) is 3. The largest absolute Gasteiger partial charge is 0.396 e. The maximum absolute atomic E-state index is 8.81. The van der Waals surface area contributed by atoms with Gasteiger partial charge in [-0.05, 0) is 19.3 Å². The van der Waals surface area contributed by atoms with Crippen LogP contribution in [0.25, 0.3) is 0 Å². The van der Waals surface area contributed by atoms with Gasteiger partial charge >= 0.3 is 0 Å². The summed E-state index contributed by atoms with van der Waals surface area (Å²) in [7, 11) is 0. The summed E-state index contributed by atoms with van der Waals surface area (Å²) in [6.45, 7) is 2.09. The van der Waals surface area contributed by atoms with Crippen LogP contribution < -0.4 is 5.73 Å². The van der Waals surface area contributed by atoms with Crippen LogP contribution >= 0.6 is 0 Å². The molecule has 1 atom stereocenters. The lowest BCUT2D eigenvalue weighted by molar-refractivity contribution is 0.169. The third kappa shape index (κ3) is 3.15. The lowest BCUT2D eigenvalue weighted by Gasteiger charge is -2.24. The van der Waals surface area contributed by atoms with E-state index in [0.717, 1.165) is 6.42 Å². The molecule has 0 heterocycles. The summed E-state index contributed by atoms with van der Waals surface area (Å²) in [6, 6.07) is 0. The van der Waals surface area contributed by atoms with Crippen molar-refractivity contribution in [1.29, 1.82) is 0 Å². The SMILES string of the molecule is CCC(N)(CO)CCCO. The second-order valence-corrected chi connectivity index (χ2v) is 2.70. The minimum Gasteiger partial charge on any atom is -0.396 e. The van der Waals surface area contributed by atoms with Gasteiger partial charge in [0.25, 0.3) is 0 Å². The Morgan fingerprint density at radius 2 is 2.00 bits per heavy atom. The third-order valence-corrected chi connectivity index (χ3v) is 1.85. The highest BCUT2D eigenvalue weighted by molar-refractivity contribution is 4.80. The van der Waals surface area contributed by atoms with Gasteiger partial charge in [0, 0.05) is 12.1 Å². The monoisotopic (exact) mass is 147 g/mol. The van der Waals surface area contributed by atoms with E-state index in [-0.39, 0.29) is 13.2 Å². The first-order valence-corrected chi connectivity index (χ1v) is 3.69. The predicted octanol–water partition coefficient (Wildman–Crippen LogP) is -0.141. The zero-order valence-electron chi connectivity index (χ0n) is 6.51. The number of aliphatic hydroxyl groups excluding tert-OH is 2. The van der Waals surface area contributed by atoms with Crippen molar-refractivity contribution >= 4 is 0 Å². The maximum atomic E-state index is 8.81. The number of rotatable bonds is 5. The lowest BCUT2D eigenvalue weighted by atomic mass is 9.93. The van der Waals surface area contributed by atoms with Gasteiger partial charge in [-0.1, -0.05) is 6.92 Å². The van der Waals surface area contributed by atoms with Crippen molar-refractivity contribution in [3.63, 3.8) is 0 Å². The molecule has 0 saturated heterocycles. The molecular weight excluding hydrogens is 130 g/mol. The average molecular weight is 147 g/mol. The Morgan fingerprint density at radius 1 is 1.40 bits per heavy atom. The molecule has 1 unspecified atom stereocenters. The van der Waals surface area contributed by atoms with Gasteiger partial charge in [0.15, 0.2) is 0 Å². The molecule has 0 fully saturated rings. The summed E-state index contributed by atoms with van der Waals surface area (Å²) in [5, 5.41) is 17.3. The molecule has 0 aliphatic carbocycles. The molecule has 0 aromatic carbocycles. The molecule has 0 spiro atoms. The smallest absolute Gasteiger partial charge is 0.0611 e. The maximum Gasteiger partial charge on any atom is 0.0611 e. The van der Waals surface area contributed by atoms with Crippen LogP contribution in [-0.4, -0.2) is 29.0 Å². The quantitative estimate of drug-likeness (QED) is 0.507. The Hall–Kier alpha value is -0.120. The molecule has 3 heteroatoms. The molecule has 0 aliphatic heterocycles. The molecule has 0 rings (SSSR count). The Bertz CT molecular complexity index is 81.7. The first kappa shape index (κ1) is 9.88. The Kier molecular flexibility index (Phi) is 4.60. The minimum absolute atomic E-state index is 0.00347. The first-order chi connectivity index (χ1) is 4.68. The first-order valence-electron chi connectivity index (χ1n) is 3.69. The van der Waals surface area contributed by atoms with Gasteiger partial charge in [-0.25, -0.2) is 0 Å². The molecule has 3 nitrogen and oxygen atoms in total. The molecular formula is C7H17NO2. The van der Waals surface area contributed by atoms with E-state index in [4.69, 9.17) is 15.9 Å². The van der Waals surface area contributed by atoms with Crippen molar-refractivity contribution in [3.8, 4) is 0 Å². The normalized spacial score (nSPS) is 16.8. The molecule has 0 amide bonds. The van der Waals surface area contributed by atoms with Gasteiger partial charge in [0.05, 0.1) is 6.61 Å². The summed E-state index contributed by atoms with van der Waals surface area (Å²) in [6.07, 6.45) is 2.12. The van der Waals surface area contributed by atoms with E-state index in [1.165, 1.54) is 0 Å². The Balaban J connectivity index is 3.58. The van der Waals surface area contributed by atoms with Gasteiger partial charge in [0.1, 0.15) is 0 Å². The van der Waals surface area contributed by atoms with E-state index in [9.17, 15) is 0 Å². The third-order valence-electron chi connectivity index (χ3n) is 1.85. The Morgan fingerprint density at radius 3 is 2.30 bits per heavy atom. The van der Waals surface area contributed by atoms with Crippen LogP contribution in [0.15, 0.2) is 0 Å². The highest BCUT2D eigenvalue weighted by atomic mass is 16.3.